The number of ketones is 1. The van der Waals surface area contributed by atoms with Gasteiger partial charge in [-0.1, -0.05) is 0 Å². The summed E-state index contributed by atoms with van der Waals surface area (Å²) in [5.41, 5.74) is 1.36. The second-order valence-corrected chi connectivity index (χ2v) is 7.32. The summed E-state index contributed by atoms with van der Waals surface area (Å²) in [6.45, 7) is 0. The molecular formula is C21H18F3N5O3. The molecule has 1 fully saturated rings. The molecule has 1 aliphatic carbocycles. The zero-order valence-corrected chi connectivity index (χ0v) is 16.9. The maximum absolute atomic E-state index is 12.8. The lowest BCUT2D eigenvalue weighted by Crippen LogP contribution is -2.38. The predicted octanol–water partition coefficient (Wildman–Crippen LogP) is 3.29. The number of ether oxygens (including phenoxy) is 1. The van der Waals surface area contributed by atoms with Crippen LogP contribution in [0, 0.1) is 0 Å². The fourth-order valence-electron chi connectivity index (χ4n) is 3.41. The summed E-state index contributed by atoms with van der Waals surface area (Å²) in [5.74, 6) is -0.717. The van der Waals surface area contributed by atoms with E-state index in [1.54, 1.807) is 17.9 Å². The Morgan fingerprint density at radius 1 is 1.19 bits per heavy atom. The van der Waals surface area contributed by atoms with Gasteiger partial charge in [-0.3, -0.25) is 14.3 Å². The summed E-state index contributed by atoms with van der Waals surface area (Å²) in [6.07, 6.45) is 0.105. The van der Waals surface area contributed by atoms with Crippen LogP contribution < -0.4 is 10.1 Å². The zero-order chi connectivity index (χ0) is 22.9. The number of aromatic nitrogens is 4. The first kappa shape index (κ1) is 21.5. The number of Topliss-reactive ketones (excluding diaryl/α,β-unsaturated/α-hetero) is 1. The number of carbonyl (C=O) groups excluding carboxylic acids is 2. The van der Waals surface area contributed by atoms with Crippen molar-refractivity contribution in [3.05, 3.63) is 48.4 Å². The summed E-state index contributed by atoms with van der Waals surface area (Å²) in [4.78, 5) is 33.5. The Morgan fingerprint density at radius 3 is 2.53 bits per heavy atom. The summed E-state index contributed by atoms with van der Waals surface area (Å²) in [6, 6.07) is 5.99. The molecule has 166 valence electrons. The number of benzene rings is 1. The molecule has 2 heterocycles. The van der Waals surface area contributed by atoms with Crippen molar-refractivity contribution in [2.75, 3.05) is 0 Å². The molecule has 1 aliphatic rings. The predicted molar refractivity (Wildman–Crippen MR) is 106 cm³/mol. The van der Waals surface area contributed by atoms with Crippen molar-refractivity contribution in [3.63, 3.8) is 0 Å². The molecule has 8 nitrogen and oxygen atoms in total. The molecule has 3 aromatic rings. The van der Waals surface area contributed by atoms with Crippen LogP contribution in [0.3, 0.4) is 0 Å². The fourth-order valence-corrected chi connectivity index (χ4v) is 3.41. The number of alkyl halides is 3. The number of carbonyl (C=O) groups is 2. The Hall–Kier alpha value is -3.76. The second-order valence-electron chi connectivity index (χ2n) is 7.32. The molecule has 1 atom stereocenters. The first-order valence-electron chi connectivity index (χ1n) is 9.76. The number of nitrogens with zero attached hydrogens (tertiary/aromatic N) is 4. The van der Waals surface area contributed by atoms with Crippen molar-refractivity contribution in [1.29, 1.82) is 0 Å². The molecule has 0 spiro atoms. The van der Waals surface area contributed by atoms with E-state index in [4.69, 9.17) is 0 Å². The van der Waals surface area contributed by atoms with E-state index >= 15 is 0 Å². The molecule has 2 aromatic heterocycles. The largest absolute Gasteiger partial charge is 0.573 e. The monoisotopic (exact) mass is 445 g/mol. The third kappa shape index (κ3) is 4.93. The Bertz CT molecular complexity index is 1160. The molecular weight excluding hydrogens is 427 g/mol. The van der Waals surface area contributed by atoms with E-state index in [9.17, 15) is 22.8 Å². The SMILES string of the molecule is Cn1cc(-c2nc(C(=O)N[C@H]3CCCC3=O)cc(-c3ccc(OC(F)(F)F)cc3)n2)cn1. The van der Waals surface area contributed by atoms with Crippen molar-refractivity contribution in [3.8, 4) is 28.4 Å². The minimum absolute atomic E-state index is 0.0274. The van der Waals surface area contributed by atoms with Gasteiger partial charge in [0.2, 0.25) is 0 Å². The number of nitrogens with one attached hydrogen (secondary N) is 1. The molecule has 0 aliphatic heterocycles. The van der Waals surface area contributed by atoms with Gasteiger partial charge in [0.1, 0.15) is 11.4 Å². The van der Waals surface area contributed by atoms with Crippen molar-refractivity contribution >= 4 is 11.7 Å². The van der Waals surface area contributed by atoms with Crippen LogP contribution in [0.15, 0.2) is 42.7 Å². The van der Waals surface area contributed by atoms with Gasteiger partial charge in [0.25, 0.3) is 5.91 Å². The van der Waals surface area contributed by atoms with Gasteiger partial charge in [0.15, 0.2) is 11.6 Å². The van der Waals surface area contributed by atoms with Crippen LogP contribution in [0.4, 0.5) is 13.2 Å². The molecule has 0 bridgehead atoms. The van der Waals surface area contributed by atoms with Gasteiger partial charge in [-0.15, -0.1) is 13.2 Å². The molecule has 0 radical (unpaired) electrons. The van der Waals surface area contributed by atoms with E-state index in [0.29, 0.717) is 36.1 Å². The van der Waals surface area contributed by atoms with E-state index < -0.39 is 18.3 Å². The molecule has 32 heavy (non-hydrogen) atoms. The highest BCUT2D eigenvalue weighted by molar-refractivity contribution is 5.98. The van der Waals surface area contributed by atoms with Gasteiger partial charge in [-0.05, 0) is 43.2 Å². The lowest BCUT2D eigenvalue weighted by atomic mass is 10.1. The second kappa shape index (κ2) is 8.40. The average molecular weight is 445 g/mol. The fraction of sp³-hybridized carbons (Fsp3) is 0.286. The van der Waals surface area contributed by atoms with Gasteiger partial charge < -0.3 is 10.1 Å². The highest BCUT2D eigenvalue weighted by Gasteiger charge is 2.31. The van der Waals surface area contributed by atoms with Crippen LogP contribution in [0.1, 0.15) is 29.8 Å². The minimum atomic E-state index is -4.80. The molecule has 4 rings (SSSR count). The topological polar surface area (TPSA) is 99.0 Å². The first-order chi connectivity index (χ1) is 15.2. The van der Waals surface area contributed by atoms with Crippen LogP contribution in [0.2, 0.25) is 0 Å². The van der Waals surface area contributed by atoms with Crippen LogP contribution >= 0.6 is 0 Å². The molecule has 0 unspecified atom stereocenters. The summed E-state index contributed by atoms with van der Waals surface area (Å²) < 4.78 is 42.7. The highest BCUT2D eigenvalue weighted by Crippen LogP contribution is 2.27. The smallest absolute Gasteiger partial charge is 0.406 e. The molecule has 1 N–H and O–H groups in total. The molecule has 11 heteroatoms. The zero-order valence-electron chi connectivity index (χ0n) is 16.9. The average Bonchev–Trinajstić information content (AvgIpc) is 3.35. The Morgan fingerprint density at radius 2 is 1.94 bits per heavy atom. The van der Waals surface area contributed by atoms with Crippen LogP contribution in [0.5, 0.6) is 5.75 Å². The van der Waals surface area contributed by atoms with Gasteiger partial charge in [0.05, 0.1) is 23.5 Å². The van der Waals surface area contributed by atoms with Crippen molar-refractivity contribution < 1.29 is 27.5 Å². The summed E-state index contributed by atoms with van der Waals surface area (Å²) >= 11 is 0. The number of hydrogen-bond acceptors (Lipinski definition) is 6. The Kier molecular flexibility index (Phi) is 5.64. The van der Waals surface area contributed by atoms with E-state index in [1.807, 2.05) is 0 Å². The quantitative estimate of drug-likeness (QED) is 0.647. The molecule has 1 amide bonds. The first-order valence-corrected chi connectivity index (χ1v) is 9.76. The van der Waals surface area contributed by atoms with Crippen LogP contribution in [0.25, 0.3) is 22.6 Å². The third-order valence-corrected chi connectivity index (χ3v) is 4.92. The number of amides is 1. The lowest BCUT2D eigenvalue weighted by Gasteiger charge is -2.12. The maximum atomic E-state index is 12.8. The molecule has 0 saturated heterocycles. The van der Waals surface area contributed by atoms with Crippen molar-refractivity contribution in [2.24, 2.45) is 7.05 Å². The Labute approximate surface area is 180 Å². The van der Waals surface area contributed by atoms with Crippen molar-refractivity contribution in [2.45, 2.75) is 31.7 Å². The van der Waals surface area contributed by atoms with Gasteiger partial charge in [0, 0.05) is 25.2 Å². The number of halogens is 3. The van der Waals surface area contributed by atoms with E-state index in [1.165, 1.54) is 24.4 Å². The number of rotatable bonds is 5. The summed E-state index contributed by atoms with van der Waals surface area (Å²) in [7, 11) is 1.71. The number of hydrogen-bond donors (Lipinski definition) is 1. The van der Waals surface area contributed by atoms with Gasteiger partial charge in [-0.2, -0.15) is 5.10 Å². The van der Waals surface area contributed by atoms with E-state index in [2.05, 4.69) is 25.1 Å². The van der Waals surface area contributed by atoms with Crippen LogP contribution in [-0.2, 0) is 11.8 Å². The maximum Gasteiger partial charge on any atom is 0.573 e. The standard InChI is InChI=1S/C21H18F3N5O3/c1-29-11-13(10-25-29)19-26-16(12-5-7-14(8-6-12)32-21(22,23)24)9-17(27-19)20(31)28-15-3-2-4-18(15)30/h5-11,15H,2-4H2,1H3,(H,28,31)/t15-/m0/s1. The molecule has 1 aromatic carbocycles. The minimum Gasteiger partial charge on any atom is -0.406 e. The Balaban J connectivity index is 1.69. The van der Waals surface area contributed by atoms with Crippen LogP contribution in [-0.4, -0.2) is 43.8 Å². The number of aryl methyl sites for hydroxylation is 1. The van der Waals surface area contributed by atoms with Gasteiger partial charge in [-0.25, -0.2) is 9.97 Å². The third-order valence-electron chi connectivity index (χ3n) is 4.92. The molecule has 1 saturated carbocycles. The normalized spacial score (nSPS) is 16.2. The highest BCUT2D eigenvalue weighted by atomic mass is 19.4. The summed E-state index contributed by atoms with van der Waals surface area (Å²) in [5, 5.41) is 6.77. The van der Waals surface area contributed by atoms with E-state index in [-0.39, 0.29) is 23.1 Å². The van der Waals surface area contributed by atoms with Crippen molar-refractivity contribution in [1.82, 2.24) is 25.1 Å². The van der Waals surface area contributed by atoms with Gasteiger partial charge >= 0.3 is 6.36 Å². The van der Waals surface area contributed by atoms with E-state index in [0.717, 1.165) is 12.1 Å². The lowest BCUT2D eigenvalue weighted by molar-refractivity contribution is -0.274.